The molecule has 0 spiro atoms. The largest absolute Gasteiger partial charge is 0.350 e. The van der Waals surface area contributed by atoms with Gasteiger partial charge in [0.25, 0.3) is 5.91 Å². The average Bonchev–Trinajstić information content (AvgIpc) is 2.84. The van der Waals surface area contributed by atoms with Crippen LogP contribution < -0.4 is 10.6 Å². The van der Waals surface area contributed by atoms with E-state index in [2.05, 4.69) is 10.6 Å². The van der Waals surface area contributed by atoms with Gasteiger partial charge in [-0.25, -0.2) is 8.78 Å². The summed E-state index contributed by atoms with van der Waals surface area (Å²) >= 11 is 1.82. The van der Waals surface area contributed by atoms with Gasteiger partial charge in [-0.3, -0.25) is 4.79 Å². The van der Waals surface area contributed by atoms with Gasteiger partial charge < -0.3 is 10.6 Å². The smallest absolute Gasteiger partial charge is 0.252 e. The van der Waals surface area contributed by atoms with Gasteiger partial charge in [0.05, 0.1) is 5.56 Å². The molecular formula is C12H13F2IN2O. The molecule has 1 aromatic carbocycles. The molecule has 3 nitrogen and oxygen atoms in total. The quantitative estimate of drug-likeness (QED) is 0.635. The molecule has 0 aliphatic carbocycles. The van der Waals surface area contributed by atoms with Gasteiger partial charge in [-0.05, 0) is 54.1 Å². The number of carbonyl (C=O) groups excluding carboxylic acids is 1. The maximum Gasteiger partial charge on any atom is 0.252 e. The van der Waals surface area contributed by atoms with Crippen LogP contribution in [0.1, 0.15) is 23.2 Å². The van der Waals surface area contributed by atoms with Gasteiger partial charge in [0, 0.05) is 16.2 Å². The van der Waals surface area contributed by atoms with Gasteiger partial charge in [0.1, 0.15) is 0 Å². The van der Waals surface area contributed by atoms with Gasteiger partial charge in [-0.15, -0.1) is 0 Å². The molecule has 0 radical (unpaired) electrons. The zero-order valence-corrected chi connectivity index (χ0v) is 11.8. The van der Waals surface area contributed by atoms with Crippen LogP contribution in [-0.4, -0.2) is 25.0 Å². The first-order chi connectivity index (χ1) is 8.58. The molecule has 2 N–H and O–H groups in total. The lowest BCUT2D eigenvalue weighted by Crippen LogP contribution is -2.37. The first kappa shape index (κ1) is 13.7. The summed E-state index contributed by atoms with van der Waals surface area (Å²) in [6, 6.07) is 2.24. The Morgan fingerprint density at radius 2 is 2.17 bits per heavy atom. The highest BCUT2D eigenvalue weighted by Gasteiger charge is 2.18. The normalized spacial score (nSPS) is 18.9. The summed E-state index contributed by atoms with van der Waals surface area (Å²) in [5.41, 5.74) is 0.174. The molecule has 1 fully saturated rings. The number of nitrogens with one attached hydrogen (secondary N) is 2. The Labute approximate surface area is 117 Å². The van der Waals surface area contributed by atoms with E-state index in [9.17, 15) is 13.6 Å². The maximum atomic E-state index is 13.1. The molecule has 6 heteroatoms. The van der Waals surface area contributed by atoms with Crippen LogP contribution in [0.5, 0.6) is 0 Å². The summed E-state index contributed by atoms with van der Waals surface area (Å²) in [6.45, 7) is 1.47. The van der Waals surface area contributed by atoms with E-state index in [0.29, 0.717) is 10.1 Å². The summed E-state index contributed by atoms with van der Waals surface area (Å²) in [5.74, 6) is -2.31. The predicted octanol–water partition coefficient (Wildman–Crippen LogP) is 2.05. The molecule has 1 amide bonds. The Morgan fingerprint density at radius 1 is 1.44 bits per heavy atom. The van der Waals surface area contributed by atoms with E-state index in [4.69, 9.17) is 0 Å². The van der Waals surface area contributed by atoms with Crippen LogP contribution in [-0.2, 0) is 0 Å². The Kier molecular flexibility index (Phi) is 4.50. The molecule has 1 aromatic rings. The van der Waals surface area contributed by atoms with Crippen LogP contribution in [0, 0.1) is 15.2 Å². The molecule has 0 bridgehead atoms. The zero-order chi connectivity index (χ0) is 13.1. The standard InChI is InChI=1S/C12H13F2IN2O/c13-9-4-8(11(15)5-10(9)14)12(18)17-6-7-2-1-3-16-7/h4-5,7,16H,1-3,6H2,(H,17,18). The third-order valence-corrected chi connectivity index (χ3v) is 3.82. The molecule has 1 atom stereocenters. The first-order valence-electron chi connectivity index (χ1n) is 5.74. The minimum atomic E-state index is -1.00. The van der Waals surface area contributed by atoms with Crippen LogP contribution in [0.25, 0.3) is 0 Å². The summed E-state index contributed by atoms with van der Waals surface area (Å²) in [4.78, 5) is 11.9. The van der Waals surface area contributed by atoms with Crippen LogP contribution >= 0.6 is 22.6 Å². The zero-order valence-electron chi connectivity index (χ0n) is 9.60. The first-order valence-corrected chi connectivity index (χ1v) is 6.82. The lowest BCUT2D eigenvalue weighted by molar-refractivity contribution is 0.0949. The number of amides is 1. The molecule has 2 rings (SSSR count). The number of hydrogen-bond acceptors (Lipinski definition) is 2. The van der Waals surface area contributed by atoms with Gasteiger partial charge in [0.15, 0.2) is 11.6 Å². The van der Waals surface area contributed by atoms with Crippen molar-refractivity contribution in [2.24, 2.45) is 0 Å². The van der Waals surface area contributed by atoms with Crippen molar-refractivity contribution in [3.8, 4) is 0 Å². The predicted molar refractivity (Wildman–Crippen MR) is 72.4 cm³/mol. The van der Waals surface area contributed by atoms with E-state index in [1.807, 2.05) is 22.6 Å². The van der Waals surface area contributed by atoms with Gasteiger partial charge in [0.2, 0.25) is 0 Å². The monoisotopic (exact) mass is 366 g/mol. The SMILES string of the molecule is O=C(NCC1CCCN1)c1cc(F)c(F)cc1I. The second-order valence-electron chi connectivity index (χ2n) is 4.25. The summed E-state index contributed by atoms with van der Waals surface area (Å²) in [5, 5.41) is 5.98. The van der Waals surface area contributed by atoms with Crippen molar-refractivity contribution in [1.29, 1.82) is 0 Å². The van der Waals surface area contributed by atoms with Crippen molar-refractivity contribution in [3.63, 3.8) is 0 Å². The fraction of sp³-hybridized carbons (Fsp3) is 0.417. The van der Waals surface area contributed by atoms with Gasteiger partial charge in [-0.1, -0.05) is 0 Å². The van der Waals surface area contributed by atoms with Crippen molar-refractivity contribution in [2.45, 2.75) is 18.9 Å². The third-order valence-electron chi connectivity index (χ3n) is 2.93. The highest BCUT2D eigenvalue weighted by molar-refractivity contribution is 14.1. The molecule has 1 heterocycles. The Bertz CT molecular complexity index is 462. The second-order valence-corrected chi connectivity index (χ2v) is 5.41. The molecule has 18 heavy (non-hydrogen) atoms. The minimum Gasteiger partial charge on any atom is -0.350 e. The number of rotatable bonds is 3. The molecule has 1 aliphatic rings. The summed E-state index contributed by atoms with van der Waals surface area (Å²) < 4.78 is 26.4. The average molecular weight is 366 g/mol. The van der Waals surface area contributed by atoms with Crippen LogP contribution in [0.15, 0.2) is 12.1 Å². The molecule has 0 saturated carbocycles. The van der Waals surface area contributed by atoms with Crippen LogP contribution in [0.4, 0.5) is 8.78 Å². The summed E-state index contributed by atoms with van der Waals surface area (Å²) in [6.07, 6.45) is 2.12. The topological polar surface area (TPSA) is 41.1 Å². The lowest BCUT2D eigenvalue weighted by atomic mass is 10.2. The van der Waals surface area contributed by atoms with E-state index in [0.717, 1.165) is 31.5 Å². The van der Waals surface area contributed by atoms with Crippen LogP contribution in [0.3, 0.4) is 0 Å². The van der Waals surface area contributed by atoms with E-state index in [-0.39, 0.29) is 17.5 Å². The number of halogens is 3. The van der Waals surface area contributed by atoms with E-state index >= 15 is 0 Å². The highest BCUT2D eigenvalue weighted by atomic mass is 127. The number of hydrogen-bond donors (Lipinski definition) is 2. The maximum absolute atomic E-state index is 13.1. The fourth-order valence-electron chi connectivity index (χ4n) is 1.94. The Balaban J connectivity index is 2.01. The van der Waals surface area contributed by atoms with Crippen molar-refractivity contribution >= 4 is 28.5 Å². The van der Waals surface area contributed by atoms with Crippen molar-refractivity contribution in [3.05, 3.63) is 32.9 Å². The van der Waals surface area contributed by atoms with Gasteiger partial charge in [-0.2, -0.15) is 0 Å². The Hall–Kier alpha value is -0.760. The van der Waals surface area contributed by atoms with E-state index < -0.39 is 11.6 Å². The Morgan fingerprint density at radius 3 is 2.83 bits per heavy atom. The third kappa shape index (κ3) is 3.17. The number of benzene rings is 1. The molecule has 0 aromatic heterocycles. The lowest BCUT2D eigenvalue weighted by Gasteiger charge is -2.12. The van der Waals surface area contributed by atoms with Crippen molar-refractivity contribution in [1.82, 2.24) is 10.6 Å². The molecular weight excluding hydrogens is 353 g/mol. The molecule has 1 saturated heterocycles. The molecule has 1 unspecified atom stereocenters. The summed E-state index contributed by atoms with van der Waals surface area (Å²) in [7, 11) is 0. The number of carbonyl (C=O) groups is 1. The van der Waals surface area contributed by atoms with E-state index in [1.165, 1.54) is 0 Å². The minimum absolute atomic E-state index is 0.174. The van der Waals surface area contributed by atoms with Gasteiger partial charge >= 0.3 is 0 Å². The highest BCUT2D eigenvalue weighted by Crippen LogP contribution is 2.17. The molecule has 98 valence electrons. The van der Waals surface area contributed by atoms with E-state index in [1.54, 1.807) is 0 Å². The van der Waals surface area contributed by atoms with Crippen molar-refractivity contribution in [2.75, 3.05) is 13.1 Å². The van der Waals surface area contributed by atoms with Crippen molar-refractivity contribution < 1.29 is 13.6 Å². The molecule has 1 aliphatic heterocycles. The fourth-order valence-corrected chi connectivity index (χ4v) is 2.61. The second kappa shape index (κ2) is 5.92. The van der Waals surface area contributed by atoms with Crippen LogP contribution in [0.2, 0.25) is 0 Å².